The summed E-state index contributed by atoms with van der Waals surface area (Å²) in [6.45, 7) is 20.4. The van der Waals surface area contributed by atoms with E-state index in [1.54, 1.807) is 6.08 Å². The van der Waals surface area contributed by atoms with Gasteiger partial charge >= 0.3 is 0 Å². The highest BCUT2D eigenvalue weighted by molar-refractivity contribution is 5.63. The van der Waals surface area contributed by atoms with Crippen molar-refractivity contribution in [3.8, 4) is 0 Å². The summed E-state index contributed by atoms with van der Waals surface area (Å²) in [4.78, 5) is 2.67. The van der Waals surface area contributed by atoms with Gasteiger partial charge in [-0.1, -0.05) is 129 Å². The fraction of sp³-hybridized carbons (Fsp3) is 0.366. The number of benzene rings is 3. The van der Waals surface area contributed by atoms with Crippen molar-refractivity contribution in [2.45, 2.75) is 97.6 Å². The highest BCUT2D eigenvalue weighted by Gasteiger charge is 2.36. The van der Waals surface area contributed by atoms with Crippen LogP contribution in [0, 0.1) is 6.92 Å². The van der Waals surface area contributed by atoms with Crippen LogP contribution in [0.4, 0.5) is 0 Å². The Balaban J connectivity index is 0.000000910. The lowest BCUT2D eigenvalue weighted by Crippen LogP contribution is -2.37. The van der Waals surface area contributed by atoms with Gasteiger partial charge in [0.05, 0.1) is 0 Å². The summed E-state index contributed by atoms with van der Waals surface area (Å²) in [6, 6.07) is 30.1. The van der Waals surface area contributed by atoms with Crippen molar-refractivity contribution in [2.75, 3.05) is 0 Å². The largest absolute Gasteiger partial charge is 0.365 e. The number of aryl methyl sites for hydroxylation is 4. The third kappa shape index (κ3) is 10.1. The molecule has 2 saturated carbocycles. The normalized spacial score (nSPS) is 16.9. The Morgan fingerprint density at radius 2 is 1.33 bits per heavy atom. The minimum absolute atomic E-state index is 0.523. The molecule has 0 aliphatic heterocycles. The zero-order chi connectivity index (χ0) is 30.3. The van der Waals surface area contributed by atoms with E-state index in [-0.39, 0.29) is 0 Å². The SMILES string of the molecule is C=C1CCC(N(C(=C)c2ccc(CCc3ccc(C)cc3)cc2)C2CC2)C/C1=C/CCc1ccccc1.C=CC.CC. The van der Waals surface area contributed by atoms with Gasteiger partial charge in [-0.2, -0.15) is 0 Å². The highest BCUT2D eigenvalue weighted by atomic mass is 15.2. The zero-order valence-corrected chi connectivity index (χ0v) is 26.7. The van der Waals surface area contributed by atoms with E-state index in [9.17, 15) is 0 Å². The Kier molecular flexibility index (Phi) is 13.6. The molecule has 1 unspecified atom stereocenters. The Bertz CT molecular complexity index is 1270. The van der Waals surface area contributed by atoms with E-state index in [2.05, 4.69) is 116 Å². The molecule has 5 rings (SSSR count). The van der Waals surface area contributed by atoms with E-state index in [0.717, 1.165) is 38.5 Å². The van der Waals surface area contributed by atoms with E-state index in [4.69, 9.17) is 0 Å². The summed E-state index contributed by atoms with van der Waals surface area (Å²) in [5.41, 5.74) is 10.8. The molecule has 0 saturated heterocycles. The van der Waals surface area contributed by atoms with Crippen LogP contribution in [0.3, 0.4) is 0 Å². The maximum Gasteiger partial charge on any atom is 0.0371 e. The topological polar surface area (TPSA) is 3.24 Å². The minimum Gasteiger partial charge on any atom is -0.365 e. The Labute approximate surface area is 257 Å². The van der Waals surface area contributed by atoms with Crippen LogP contribution in [-0.2, 0) is 19.3 Å². The summed E-state index contributed by atoms with van der Waals surface area (Å²) in [5, 5.41) is 0. The van der Waals surface area contributed by atoms with Crippen molar-refractivity contribution in [1.29, 1.82) is 0 Å². The average Bonchev–Trinajstić information content (AvgIpc) is 3.86. The van der Waals surface area contributed by atoms with Gasteiger partial charge in [-0.3, -0.25) is 0 Å². The van der Waals surface area contributed by atoms with Crippen molar-refractivity contribution in [1.82, 2.24) is 4.90 Å². The molecule has 0 aromatic heterocycles. The van der Waals surface area contributed by atoms with Crippen molar-refractivity contribution >= 4 is 5.70 Å². The van der Waals surface area contributed by atoms with Gasteiger partial charge in [0.2, 0.25) is 0 Å². The fourth-order valence-corrected chi connectivity index (χ4v) is 5.67. The van der Waals surface area contributed by atoms with Crippen LogP contribution in [-0.4, -0.2) is 17.0 Å². The van der Waals surface area contributed by atoms with Crippen molar-refractivity contribution in [3.63, 3.8) is 0 Å². The lowest BCUT2D eigenvalue weighted by Gasteiger charge is -2.39. The van der Waals surface area contributed by atoms with Gasteiger partial charge in [-0.05, 0) is 99.5 Å². The monoisotopic (exact) mass is 559 g/mol. The third-order valence-electron chi connectivity index (χ3n) is 8.11. The number of rotatable bonds is 10. The van der Waals surface area contributed by atoms with Crippen LogP contribution in [0.1, 0.15) is 87.1 Å². The predicted molar refractivity (Wildman–Crippen MR) is 186 cm³/mol. The number of hydrogen-bond donors (Lipinski definition) is 0. The summed E-state index contributed by atoms with van der Waals surface area (Å²) < 4.78 is 0. The molecule has 1 heteroatoms. The van der Waals surface area contributed by atoms with Crippen molar-refractivity contribution in [3.05, 3.63) is 150 Å². The van der Waals surface area contributed by atoms with E-state index >= 15 is 0 Å². The second-order valence-electron chi connectivity index (χ2n) is 11.4. The summed E-state index contributed by atoms with van der Waals surface area (Å²) in [5.74, 6) is 0. The number of hydrogen-bond acceptors (Lipinski definition) is 1. The molecule has 0 bridgehead atoms. The maximum atomic E-state index is 4.62. The smallest absolute Gasteiger partial charge is 0.0371 e. The molecule has 1 nitrogen and oxygen atoms in total. The van der Waals surface area contributed by atoms with Gasteiger partial charge < -0.3 is 4.90 Å². The van der Waals surface area contributed by atoms with Gasteiger partial charge in [0.1, 0.15) is 0 Å². The first-order chi connectivity index (χ1) is 20.5. The Morgan fingerprint density at radius 1 is 0.786 bits per heavy atom. The summed E-state index contributed by atoms with van der Waals surface area (Å²) in [6.07, 6.45) is 14.5. The molecule has 2 fully saturated rings. The lowest BCUT2D eigenvalue weighted by atomic mass is 9.84. The van der Waals surface area contributed by atoms with E-state index < -0.39 is 0 Å². The molecular formula is C41H53N. The quantitative estimate of drug-likeness (QED) is 0.223. The zero-order valence-electron chi connectivity index (χ0n) is 26.7. The fourth-order valence-electron chi connectivity index (χ4n) is 5.67. The third-order valence-corrected chi connectivity index (χ3v) is 8.11. The van der Waals surface area contributed by atoms with E-state index in [0.29, 0.717) is 12.1 Å². The predicted octanol–water partition coefficient (Wildman–Crippen LogP) is 11.1. The first-order valence-electron chi connectivity index (χ1n) is 16.1. The molecule has 2 aliphatic carbocycles. The van der Waals surface area contributed by atoms with Crippen LogP contribution < -0.4 is 0 Å². The van der Waals surface area contributed by atoms with Gasteiger partial charge in [-0.25, -0.2) is 0 Å². The maximum absolute atomic E-state index is 4.62. The molecule has 0 amide bonds. The molecule has 3 aromatic carbocycles. The minimum atomic E-state index is 0.523. The van der Waals surface area contributed by atoms with Crippen LogP contribution in [0.25, 0.3) is 5.70 Å². The van der Waals surface area contributed by atoms with Crippen LogP contribution in [0.5, 0.6) is 0 Å². The lowest BCUT2D eigenvalue weighted by molar-refractivity contribution is 0.259. The molecule has 222 valence electrons. The molecule has 0 heterocycles. The second kappa shape index (κ2) is 17.4. The molecule has 0 radical (unpaired) electrons. The van der Waals surface area contributed by atoms with Crippen LogP contribution in [0.2, 0.25) is 0 Å². The second-order valence-corrected chi connectivity index (χ2v) is 11.4. The average molecular weight is 560 g/mol. The van der Waals surface area contributed by atoms with Crippen LogP contribution in [0.15, 0.2) is 122 Å². The summed E-state index contributed by atoms with van der Waals surface area (Å²) >= 11 is 0. The molecule has 0 N–H and O–H groups in total. The first kappa shape index (κ1) is 32.9. The van der Waals surface area contributed by atoms with Gasteiger partial charge in [0.15, 0.2) is 0 Å². The first-order valence-corrected chi connectivity index (χ1v) is 16.1. The van der Waals surface area contributed by atoms with Crippen LogP contribution >= 0.6 is 0 Å². The molecule has 3 aromatic rings. The molecule has 2 aliphatic rings. The molecule has 1 atom stereocenters. The molecule has 0 spiro atoms. The standard InChI is InChI=1S/C36H41N.C3H6.C2H6/c1-27-12-15-31(16-13-27)17-18-32-19-21-33(22-20-32)29(3)37(35-24-25-35)36-23-14-28(2)34(26-36)11-7-10-30-8-5-4-6-9-30;1-3-2;1-2/h4-6,8-9,11-13,15-16,19-22,35-36H,2-3,7,10,14,17-18,23-26H2,1H3;3H,1H2,2H3;1-2H3/b34-11-;;. The highest BCUT2D eigenvalue weighted by Crippen LogP contribution is 2.41. The Hall–Kier alpha value is -3.58. The molecule has 42 heavy (non-hydrogen) atoms. The molecular weight excluding hydrogens is 506 g/mol. The summed E-state index contributed by atoms with van der Waals surface area (Å²) in [7, 11) is 0. The van der Waals surface area contributed by atoms with Crippen molar-refractivity contribution in [2.24, 2.45) is 0 Å². The van der Waals surface area contributed by atoms with Crippen molar-refractivity contribution < 1.29 is 0 Å². The van der Waals surface area contributed by atoms with Gasteiger partial charge in [0.25, 0.3) is 0 Å². The van der Waals surface area contributed by atoms with E-state index in [1.807, 2.05) is 20.8 Å². The van der Waals surface area contributed by atoms with Gasteiger partial charge in [-0.15, -0.1) is 6.58 Å². The number of nitrogens with zero attached hydrogens (tertiary/aromatic N) is 1. The van der Waals surface area contributed by atoms with Gasteiger partial charge in [0, 0.05) is 17.8 Å². The number of allylic oxidation sites excluding steroid dienone is 3. The Morgan fingerprint density at radius 3 is 1.90 bits per heavy atom. The van der Waals surface area contributed by atoms with E-state index in [1.165, 1.54) is 63.9 Å².